The highest BCUT2D eigenvalue weighted by Gasteiger charge is 2.14. The Morgan fingerprint density at radius 2 is 1.61 bits per heavy atom. The second-order valence-electron chi connectivity index (χ2n) is 5.90. The first-order chi connectivity index (χ1) is 13.4. The van der Waals surface area contributed by atoms with Crippen molar-refractivity contribution in [3.05, 3.63) is 53.6 Å². The first-order valence-corrected chi connectivity index (χ1v) is 10.6. The van der Waals surface area contributed by atoms with Gasteiger partial charge in [-0.05, 0) is 62.2 Å². The lowest BCUT2D eigenvalue weighted by Crippen LogP contribution is -2.26. The second-order valence-corrected chi connectivity index (χ2v) is 7.67. The molecule has 0 atom stereocenters. The van der Waals surface area contributed by atoms with E-state index in [-0.39, 0.29) is 17.3 Å². The molecule has 8 heteroatoms. The molecule has 0 radical (unpaired) electrons. The van der Waals surface area contributed by atoms with Gasteiger partial charge in [0, 0.05) is 19.2 Å². The quantitative estimate of drug-likeness (QED) is 0.632. The third-order valence-corrected chi connectivity index (χ3v) is 5.44. The van der Waals surface area contributed by atoms with Crippen molar-refractivity contribution in [3.8, 4) is 11.5 Å². The molecule has 0 heterocycles. The SMILES string of the molecule is CCOc1ccc(CCNS(=O)(=O)c2ccc(C(=O)NC)cc2)cc1OCC. The highest BCUT2D eigenvalue weighted by molar-refractivity contribution is 7.89. The Morgan fingerprint density at radius 3 is 2.21 bits per heavy atom. The zero-order chi connectivity index (χ0) is 20.6. The van der Waals surface area contributed by atoms with Crippen LogP contribution in [-0.2, 0) is 16.4 Å². The molecule has 0 spiro atoms. The Morgan fingerprint density at radius 1 is 0.964 bits per heavy atom. The van der Waals surface area contributed by atoms with Crippen molar-refractivity contribution in [1.82, 2.24) is 10.0 Å². The normalized spacial score (nSPS) is 11.1. The van der Waals surface area contributed by atoms with E-state index >= 15 is 0 Å². The van der Waals surface area contributed by atoms with Crippen LogP contribution in [-0.4, -0.2) is 41.1 Å². The van der Waals surface area contributed by atoms with E-state index in [2.05, 4.69) is 10.0 Å². The van der Waals surface area contributed by atoms with Crippen molar-refractivity contribution in [2.24, 2.45) is 0 Å². The van der Waals surface area contributed by atoms with E-state index < -0.39 is 10.0 Å². The first-order valence-electron chi connectivity index (χ1n) is 9.11. The van der Waals surface area contributed by atoms with Crippen LogP contribution >= 0.6 is 0 Å². The Kier molecular flexibility index (Phi) is 7.83. The number of nitrogens with one attached hydrogen (secondary N) is 2. The van der Waals surface area contributed by atoms with Gasteiger partial charge in [0.2, 0.25) is 10.0 Å². The number of rotatable bonds is 10. The molecular formula is C20H26N2O5S. The van der Waals surface area contributed by atoms with Crippen LogP contribution in [0.15, 0.2) is 47.4 Å². The molecule has 2 aromatic rings. The molecule has 1 amide bonds. The van der Waals surface area contributed by atoms with Crippen molar-refractivity contribution in [1.29, 1.82) is 0 Å². The molecule has 0 bridgehead atoms. The third-order valence-electron chi connectivity index (χ3n) is 3.97. The van der Waals surface area contributed by atoms with Crippen LogP contribution in [0.3, 0.4) is 0 Å². The highest BCUT2D eigenvalue weighted by atomic mass is 32.2. The monoisotopic (exact) mass is 406 g/mol. The molecule has 0 aromatic heterocycles. The molecule has 0 saturated heterocycles. The number of ether oxygens (including phenoxy) is 2. The summed E-state index contributed by atoms with van der Waals surface area (Å²) in [5, 5.41) is 2.49. The van der Waals surface area contributed by atoms with Gasteiger partial charge in [-0.1, -0.05) is 6.07 Å². The van der Waals surface area contributed by atoms with E-state index in [0.717, 1.165) is 5.56 Å². The average Bonchev–Trinajstić information content (AvgIpc) is 2.69. The van der Waals surface area contributed by atoms with Gasteiger partial charge in [0.1, 0.15) is 0 Å². The van der Waals surface area contributed by atoms with Crippen molar-refractivity contribution < 1.29 is 22.7 Å². The third kappa shape index (κ3) is 5.71. The average molecular weight is 407 g/mol. The molecule has 0 aliphatic rings. The summed E-state index contributed by atoms with van der Waals surface area (Å²) in [5.41, 5.74) is 1.34. The number of hydrogen-bond acceptors (Lipinski definition) is 5. The zero-order valence-electron chi connectivity index (χ0n) is 16.3. The van der Waals surface area contributed by atoms with Crippen molar-refractivity contribution >= 4 is 15.9 Å². The second kappa shape index (κ2) is 10.1. The molecular weight excluding hydrogens is 380 g/mol. The first kappa shape index (κ1) is 21.7. The summed E-state index contributed by atoms with van der Waals surface area (Å²) in [6.45, 7) is 5.09. The van der Waals surface area contributed by atoms with Crippen LogP contribution < -0.4 is 19.5 Å². The van der Waals surface area contributed by atoms with Crippen molar-refractivity contribution in [3.63, 3.8) is 0 Å². The fourth-order valence-electron chi connectivity index (χ4n) is 2.59. The number of amides is 1. The molecule has 0 unspecified atom stereocenters. The van der Waals surface area contributed by atoms with Gasteiger partial charge in [-0.25, -0.2) is 13.1 Å². The molecule has 2 N–H and O–H groups in total. The predicted octanol–water partition coefficient (Wildman–Crippen LogP) is 2.36. The van der Waals surface area contributed by atoms with Crippen LogP contribution in [0.4, 0.5) is 0 Å². The molecule has 152 valence electrons. The molecule has 0 aliphatic heterocycles. The molecule has 0 fully saturated rings. The number of hydrogen-bond donors (Lipinski definition) is 2. The van der Waals surface area contributed by atoms with E-state index in [1.54, 1.807) is 0 Å². The van der Waals surface area contributed by atoms with Gasteiger partial charge in [-0.15, -0.1) is 0 Å². The Balaban J connectivity index is 2.01. The van der Waals surface area contributed by atoms with Crippen molar-refractivity contribution in [2.75, 3.05) is 26.8 Å². The maximum absolute atomic E-state index is 12.4. The van der Waals surface area contributed by atoms with E-state index in [0.29, 0.717) is 36.7 Å². The summed E-state index contributed by atoms with van der Waals surface area (Å²) >= 11 is 0. The summed E-state index contributed by atoms with van der Waals surface area (Å²) < 4.78 is 38.5. The topological polar surface area (TPSA) is 93.7 Å². The standard InChI is InChI=1S/C20H26N2O5S/c1-4-26-18-11-6-15(14-19(18)27-5-2)12-13-22-28(24,25)17-9-7-16(8-10-17)20(23)21-3/h6-11,14,22H,4-5,12-13H2,1-3H3,(H,21,23). The minimum Gasteiger partial charge on any atom is -0.490 e. The Hall–Kier alpha value is -2.58. The molecule has 2 aromatic carbocycles. The van der Waals surface area contributed by atoms with Crippen LogP contribution in [0, 0.1) is 0 Å². The van der Waals surface area contributed by atoms with Crippen LogP contribution in [0.2, 0.25) is 0 Å². The van der Waals surface area contributed by atoms with E-state index in [1.807, 2.05) is 32.0 Å². The number of sulfonamides is 1. The predicted molar refractivity (Wildman–Crippen MR) is 108 cm³/mol. The molecule has 0 aliphatic carbocycles. The maximum atomic E-state index is 12.4. The summed E-state index contributed by atoms with van der Waals surface area (Å²) in [5.74, 6) is 1.05. The van der Waals surface area contributed by atoms with E-state index in [4.69, 9.17) is 9.47 Å². The minimum absolute atomic E-state index is 0.113. The fourth-order valence-corrected chi connectivity index (χ4v) is 3.63. The van der Waals surface area contributed by atoms with E-state index in [9.17, 15) is 13.2 Å². The summed E-state index contributed by atoms with van der Waals surface area (Å²) in [6.07, 6.45) is 0.502. The maximum Gasteiger partial charge on any atom is 0.251 e. The van der Waals surface area contributed by atoms with Gasteiger partial charge in [0.25, 0.3) is 5.91 Å². The highest BCUT2D eigenvalue weighted by Crippen LogP contribution is 2.28. The number of carbonyl (C=O) groups is 1. The molecule has 2 rings (SSSR count). The van der Waals surface area contributed by atoms with Gasteiger partial charge in [-0.2, -0.15) is 0 Å². The fraction of sp³-hybridized carbons (Fsp3) is 0.350. The van der Waals surface area contributed by atoms with Crippen LogP contribution in [0.1, 0.15) is 29.8 Å². The number of carbonyl (C=O) groups excluding carboxylic acids is 1. The largest absolute Gasteiger partial charge is 0.490 e. The summed E-state index contributed by atoms with van der Waals surface area (Å²) in [7, 11) is -2.13. The Labute approximate surface area is 166 Å². The van der Waals surface area contributed by atoms with Gasteiger partial charge in [-0.3, -0.25) is 4.79 Å². The number of benzene rings is 2. The lowest BCUT2D eigenvalue weighted by molar-refractivity contribution is 0.0963. The van der Waals surface area contributed by atoms with Gasteiger partial charge in [0.05, 0.1) is 18.1 Å². The van der Waals surface area contributed by atoms with Crippen molar-refractivity contribution in [2.45, 2.75) is 25.2 Å². The summed E-state index contributed by atoms with van der Waals surface area (Å²) in [6, 6.07) is 11.4. The summed E-state index contributed by atoms with van der Waals surface area (Å²) in [4.78, 5) is 11.7. The van der Waals surface area contributed by atoms with Crippen LogP contribution in [0.5, 0.6) is 11.5 Å². The van der Waals surface area contributed by atoms with Gasteiger partial charge < -0.3 is 14.8 Å². The zero-order valence-corrected chi connectivity index (χ0v) is 17.1. The lowest BCUT2D eigenvalue weighted by Gasteiger charge is -2.13. The Bertz CT molecular complexity index is 895. The van der Waals surface area contributed by atoms with E-state index in [1.165, 1.54) is 31.3 Å². The van der Waals surface area contributed by atoms with Crippen LogP contribution in [0.25, 0.3) is 0 Å². The molecule has 7 nitrogen and oxygen atoms in total. The van der Waals surface area contributed by atoms with Gasteiger partial charge >= 0.3 is 0 Å². The smallest absolute Gasteiger partial charge is 0.251 e. The van der Waals surface area contributed by atoms with Gasteiger partial charge in [0.15, 0.2) is 11.5 Å². The molecule has 0 saturated carbocycles. The lowest BCUT2D eigenvalue weighted by atomic mass is 10.1. The molecule has 28 heavy (non-hydrogen) atoms. The minimum atomic E-state index is -3.65.